The van der Waals surface area contributed by atoms with E-state index in [2.05, 4.69) is 33.5 Å². The third-order valence-corrected chi connectivity index (χ3v) is 4.60. The molecule has 1 aliphatic rings. The SMILES string of the molecule is COc1ccc(-c2ccccc2)c2c1/N=C(NC(=O)c1cnc[nH]1)\C=C\CC2. The first-order valence-electron chi connectivity index (χ1n) is 9.06. The fourth-order valence-electron chi connectivity index (χ4n) is 3.26. The Kier molecular flexibility index (Phi) is 5.01. The number of methoxy groups -OCH3 is 1. The number of nitrogens with one attached hydrogen (secondary N) is 2. The van der Waals surface area contributed by atoms with E-state index in [-0.39, 0.29) is 5.91 Å². The minimum atomic E-state index is -0.291. The summed E-state index contributed by atoms with van der Waals surface area (Å²) in [5.41, 5.74) is 4.47. The third kappa shape index (κ3) is 3.57. The van der Waals surface area contributed by atoms with Crippen LogP contribution in [0.2, 0.25) is 0 Å². The number of fused-ring (bicyclic) bond motifs is 1. The van der Waals surface area contributed by atoms with Gasteiger partial charge in [0, 0.05) is 0 Å². The molecule has 1 amide bonds. The maximum absolute atomic E-state index is 12.4. The number of benzene rings is 2. The van der Waals surface area contributed by atoms with Gasteiger partial charge in [-0.15, -0.1) is 0 Å². The van der Waals surface area contributed by atoms with Gasteiger partial charge in [-0.2, -0.15) is 0 Å². The zero-order valence-electron chi connectivity index (χ0n) is 15.5. The summed E-state index contributed by atoms with van der Waals surface area (Å²) in [4.78, 5) is 23.8. The Bertz CT molecular complexity index is 1040. The predicted molar refractivity (Wildman–Crippen MR) is 109 cm³/mol. The molecule has 0 fully saturated rings. The van der Waals surface area contributed by atoms with Crippen LogP contribution in [0.25, 0.3) is 11.1 Å². The molecule has 0 aliphatic carbocycles. The lowest BCUT2D eigenvalue weighted by Crippen LogP contribution is -2.29. The summed E-state index contributed by atoms with van der Waals surface area (Å²) in [6.45, 7) is 0. The van der Waals surface area contributed by atoms with Gasteiger partial charge in [0.1, 0.15) is 23.0 Å². The molecule has 4 rings (SSSR count). The van der Waals surface area contributed by atoms with E-state index < -0.39 is 0 Å². The number of ether oxygens (including phenoxy) is 1. The minimum absolute atomic E-state index is 0.291. The summed E-state index contributed by atoms with van der Waals surface area (Å²) in [7, 11) is 1.63. The Balaban J connectivity index is 1.79. The van der Waals surface area contributed by atoms with Crippen LogP contribution in [0.4, 0.5) is 5.69 Å². The molecule has 1 aliphatic heterocycles. The van der Waals surface area contributed by atoms with Crippen LogP contribution in [0, 0.1) is 0 Å². The van der Waals surface area contributed by atoms with Crippen LogP contribution in [-0.2, 0) is 6.42 Å². The molecule has 0 atom stereocenters. The van der Waals surface area contributed by atoms with Gasteiger partial charge < -0.3 is 15.0 Å². The maximum Gasteiger partial charge on any atom is 0.274 e. The number of H-pyrrole nitrogens is 1. The number of rotatable bonds is 3. The van der Waals surface area contributed by atoms with E-state index in [1.54, 1.807) is 7.11 Å². The molecule has 2 heterocycles. The number of amidine groups is 1. The van der Waals surface area contributed by atoms with Gasteiger partial charge in [-0.05, 0) is 41.7 Å². The highest BCUT2D eigenvalue weighted by Crippen LogP contribution is 2.39. The van der Waals surface area contributed by atoms with E-state index in [0.717, 1.165) is 35.2 Å². The lowest BCUT2D eigenvalue weighted by atomic mass is 9.94. The molecule has 2 N–H and O–H groups in total. The molecule has 1 aromatic heterocycles. The molecule has 0 radical (unpaired) electrons. The average molecular weight is 372 g/mol. The highest BCUT2D eigenvalue weighted by atomic mass is 16.5. The number of aromatic nitrogens is 2. The van der Waals surface area contributed by atoms with Gasteiger partial charge in [0.15, 0.2) is 0 Å². The van der Waals surface area contributed by atoms with E-state index in [0.29, 0.717) is 17.3 Å². The van der Waals surface area contributed by atoms with Gasteiger partial charge in [-0.1, -0.05) is 42.5 Å². The normalized spacial score (nSPS) is 16.1. The van der Waals surface area contributed by atoms with Crippen molar-refractivity contribution in [2.45, 2.75) is 12.8 Å². The second-order valence-electron chi connectivity index (χ2n) is 6.37. The zero-order chi connectivity index (χ0) is 19.3. The number of amides is 1. The van der Waals surface area contributed by atoms with Crippen LogP contribution in [0.1, 0.15) is 22.5 Å². The van der Waals surface area contributed by atoms with Crippen LogP contribution < -0.4 is 10.1 Å². The molecule has 0 bridgehead atoms. The monoisotopic (exact) mass is 372 g/mol. The second-order valence-corrected chi connectivity index (χ2v) is 6.37. The van der Waals surface area contributed by atoms with Gasteiger partial charge in [0.25, 0.3) is 5.91 Å². The van der Waals surface area contributed by atoms with Crippen LogP contribution in [-0.4, -0.2) is 28.8 Å². The van der Waals surface area contributed by atoms with Crippen LogP contribution in [0.5, 0.6) is 5.75 Å². The van der Waals surface area contributed by atoms with Crippen LogP contribution in [0.3, 0.4) is 0 Å². The number of aliphatic imine (C=N–C) groups is 1. The Morgan fingerprint density at radius 2 is 2.04 bits per heavy atom. The van der Waals surface area contributed by atoms with Gasteiger partial charge in [-0.25, -0.2) is 9.98 Å². The lowest BCUT2D eigenvalue weighted by molar-refractivity contribution is 0.0973. The van der Waals surface area contributed by atoms with E-state index in [9.17, 15) is 4.79 Å². The average Bonchev–Trinajstić information content (AvgIpc) is 3.25. The number of allylic oxidation sites excluding steroid dienone is 1. The first-order valence-corrected chi connectivity index (χ1v) is 9.06. The second kappa shape index (κ2) is 7.92. The fraction of sp³-hybridized carbons (Fsp3) is 0.136. The summed E-state index contributed by atoms with van der Waals surface area (Å²) in [5, 5.41) is 2.84. The summed E-state index contributed by atoms with van der Waals surface area (Å²) in [6, 6.07) is 14.2. The molecule has 6 heteroatoms. The smallest absolute Gasteiger partial charge is 0.274 e. The number of hydrogen-bond acceptors (Lipinski definition) is 4. The van der Waals surface area contributed by atoms with Crippen molar-refractivity contribution >= 4 is 17.4 Å². The van der Waals surface area contributed by atoms with E-state index in [4.69, 9.17) is 9.73 Å². The standard InChI is InChI=1S/C22H20N4O2/c1-28-19-12-11-16(15-7-3-2-4-8-15)17-9-5-6-10-20(25-21(17)19)26-22(27)18-13-23-14-24-18/h2-4,6-8,10-14H,5,9H2,1H3,(H,23,24)(H,25,26,27)/b10-6+. The van der Waals surface area contributed by atoms with Crippen LogP contribution in [0.15, 0.2) is 72.1 Å². The number of aromatic amines is 1. The van der Waals surface area contributed by atoms with E-state index in [1.165, 1.54) is 12.5 Å². The van der Waals surface area contributed by atoms with Gasteiger partial charge >= 0.3 is 0 Å². The molecule has 2 aromatic carbocycles. The molecule has 0 saturated carbocycles. The van der Waals surface area contributed by atoms with Crippen molar-refractivity contribution in [3.8, 4) is 16.9 Å². The first-order chi connectivity index (χ1) is 13.8. The Morgan fingerprint density at radius 3 is 2.79 bits per heavy atom. The number of imidazole rings is 1. The summed E-state index contributed by atoms with van der Waals surface area (Å²) in [6.07, 6.45) is 8.45. The first kappa shape index (κ1) is 17.7. The quantitative estimate of drug-likeness (QED) is 0.728. The maximum atomic E-state index is 12.4. The zero-order valence-corrected chi connectivity index (χ0v) is 15.5. The Labute approximate surface area is 163 Å². The van der Waals surface area contributed by atoms with Crippen molar-refractivity contribution in [3.63, 3.8) is 0 Å². The van der Waals surface area contributed by atoms with Crippen molar-refractivity contribution in [1.82, 2.24) is 15.3 Å². The van der Waals surface area contributed by atoms with Gasteiger partial charge in [0.2, 0.25) is 0 Å². The van der Waals surface area contributed by atoms with Crippen molar-refractivity contribution in [3.05, 3.63) is 78.4 Å². The Morgan fingerprint density at radius 1 is 1.18 bits per heavy atom. The topological polar surface area (TPSA) is 79.4 Å². The lowest BCUT2D eigenvalue weighted by Gasteiger charge is -2.18. The predicted octanol–water partition coefficient (Wildman–Crippen LogP) is 4.05. The number of nitrogens with zero attached hydrogens (tertiary/aromatic N) is 2. The van der Waals surface area contributed by atoms with Crippen molar-refractivity contribution in [2.75, 3.05) is 7.11 Å². The molecule has 0 spiro atoms. The van der Waals surface area contributed by atoms with Crippen molar-refractivity contribution < 1.29 is 9.53 Å². The van der Waals surface area contributed by atoms with E-state index in [1.807, 2.05) is 36.4 Å². The summed E-state index contributed by atoms with van der Waals surface area (Å²) >= 11 is 0. The largest absolute Gasteiger partial charge is 0.494 e. The molecule has 3 aromatic rings. The number of carbonyl (C=O) groups excluding carboxylic acids is 1. The number of carbonyl (C=O) groups is 1. The number of hydrogen-bond donors (Lipinski definition) is 2. The Hall–Kier alpha value is -3.67. The molecule has 140 valence electrons. The van der Waals surface area contributed by atoms with Gasteiger partial charge in [-0.3, -0.25) is 4.79 Å². The molecule has 6 nitrogen and oxygen atoms in total. The van der Waals surface area contributed by atoms with Crippen molar-refractivity contribution in [2.24, 2.45) is 4.99 Å². The molecule has 0 saturated heterocycles. The highest BCUT2D eigenvalue weighted by Gasteiger charge is 2.17. The van der Waals surface area contributed by atoms with E-state index >= 15 is 0 Å². The van der Waals surface area contributed by atoms with Gasteiger partial charge in [0.05, 0.1) is 19.6 Å². The minimum Gasteiger partial charge on any atom is -0.494 e. The molecular formula is C22H20N4O2. The van der Waals surface area contributed by atoms with Crippen molar-refractivity contribution in [1.29, 1.82) is 0 Å². The highest BCUT2D eigenvalue weighted by molar-refractivity contribution is 6.10. The van der Waals surface area contributed by atoms with Crippen LogP contribution >= 0.6 is 0 Å². The third-order valence-electron chi connectivity index (χ3n) is 4.60. The molecular weight excluding hydrogens is 352 g/mol. The molecule has 28 heavy (non-hydrogen) atoms. The summed E-state index contributed by atoms with van der Waals surface area (Å²) in [5.74, 6) is 0.850. The summed E-state index contributed by atoms with van der Waals surface area (Å²) < 4.78 is 5.57. The fourth-order valence-corrected chi connectivity index (χ4v) is 3.26. The molecule has 0 unspecified atom stereocenters.